The summed E-state index contributed by atoms with van der Waals surface area (Å²) in [5.41, 5.74) is 1.90. The maximum absolute atomic E-state index is 14.5. The lowest BCUT2D eigenvalue weighted by Gasteiger charge is -2.04. The van der Waals surface area contributed by atoms with Crippen molar-refractivity contribution in [1.82, 2.24) is 30.2 Å². The van der Waals surface area contributed by atoms with Gasteiger partial charge in [0, 0.05) is 33.6 Å². The Kier molecular flexibility index (Phi) is 4.90. The van der Waals surface area contributed by atoms with Crippen LogP contribution < -0.4 is 0 Å². The Morgan fingerprint density at radius 3 is 2.64 bits per heavy atom. The van der Waals surface area contributed by atoms with Crippen molar-refractivity contribution in [3.8, 4) is 22.7 Å². The Hall–Kier alpha value is -3.08. The summed E-state index contributed by atoms with van der Waals surface area (Å²) in [5.74, 6) is -1.54. The first-order chi connectivity index (χ1) is 13.5. The molecular weight excluding hydrogens is 441 g/mol. The lowest BCUT2D eigenvalue weighted by atomic mass is 10.1. The molecule has 0 amide bonds. The van der Waals surface area contributed by atoms with Gasteiger partial charge in [0.1, 0.15) is 11.5 Å². The maximum Gasteiger partial charge on any atom is 0.314 e. The van der Waals surface area contributed by atoms with Gasteiger partial charge >= 0.3 is 6.43 Å². The van der Waals surface area contributed by atoms with Crippen LogP contribution in [0.1, 0.15) is 17.9 Å². The molecule has 3 heterocycles. The Morgan fingerprint density at radius 1 is 1.07 bits per heavy atom. The van der Waals surface area contributed by atoms with Crippen LogP contribution in [0.15, 0.2) is 51.7 Å². The topological polar surface area (TPSA) is 82.5 Å². The van der Waals surface area contributed by atoms with Gasteiger partial charge in [0.15, 0.2) is 0 Å². The van der Waals surface area contributed by atoms with Gasteiger partial charge in [-0.15, -0.1) is 15.3 Å². The Labute approximate surface area is 164 Å². The average molecular weight is 451 g/mol. The number of alkyl halides is 2. The lowest BCUT2D eigenvalue weighted by molar-refractivity contribution is 0.116. The van der Waals surface area contributed by atoms with E-state index in [4.69, 9.17) is 4.42 Å². The fourth-order valence-corrected chi connectivity index (χ4v) is 2.85. The fourth-order valence-electron chi connectivity index (χ4n) is 2.48. The third-order valence-electron chi connectivity index (χ3n) is 3.80. The zero-order valence-corrected chi connectivity index (χ0v) is 15.5. The first kappa shape index (κ1) is 18.3. The summed E-state index contributed by atoms with van der Waals surface area (Å²) in [5, 5.41) is 14.8. The highest BCUT2D eigenvalue weighted by Crippen LogP contribution is 2.25. The lowest BCUT2D eigenvalue weighted by Crippen LogP contribution is -2.03. The molecule has 142 valence electrons. The molecule has 4 aromatic rings. The van der Waals surface area contributed by atoms with E-state index in [9.17, 15) is 13.2 Å². The van der Waals surface area contributed by atoms with Gasteiger partial charge in [0.25, 0.3) is 5.89 Å². The van der Waals surface area contributed by atoms with Crippen LogP contribution in [0.3, 0.4) is 0 Å². The summed E-state index contributed by atoms with van der Waals surface area (Å²) in [4.78, 5) is 4.07. The van der Waals surface area contributed by atoms with E-state index >= 15 is 0 Å². The number of pyridine rings is 1. The molecule has 0 aliphatic heterocycles. The Bertz CT molecular complexity index is 1130. The summed E-state index contributed by atoms with van der Waals surface area (Å²) in [6, 6.07) is 6.00. The van der Waals surface area contributed by atoms with E-state index < -0.39 is 18.1 Å². The first-order valence-electron chi connectivity index (χ1n) is 7.91. The summed E-state index contributed by atoms with van der Waals surface area (Å²) in [7, 11) is 0. The van der Waals surface area contributed by atoms with Gasteiger partial charge in [-0.05, 0) is 34.1 Å². The molecule has 0 saturated carbocycles. The van der Waals surface area contributed by atoms with Crippen molar-refractivity contribution in [1.29, 1.82) is 0 Å². The monoisotopic (exact) mass is 450 g/mol. The summed E-state index contributed by atoms with van der Waals surface area (Å²) in [6.45, 7) is 0.132. The smallest absolute Gasteiger partial charge is 0.314 e. The van der Waals surface area contributed by atoms with E-state index in [1.807, 2.05) is 6.07 Å². The minimum Gasteiger partial charge on any atom is -0.415 e. The van der Waals surface area contributed by atoms with Crippen LogP contribution in [-0.4, -0.2) is 30.2 Å². The molecule has 3 aromatic heterocycles. The fraction of sp³-hybridized carbons (Fsp3) is 0.118. The molecule has 11 heteroatoms. The van der Waals surface area contributed by atoms with Crippen molar-refractivity contribution in [3.63, 3.8) is 0 Å². The van der Waals surface area contributed by atoms with Gasteiger partial charge in [0.05, 0.1) is 12.7 Å². The molecule has 4 rings (SSSR count). The second kappa shape index (κ2) is 7.50. The molecule has 0 saturated heterocycles. The van der Waals surface area contributed by atoms with Crippen molar-refractivity contribution in [2.24, 2.45) is 0 Å². The second-order valence-electron chi connectivity index (χ2n) is 5.75. The Balaban J connectivity index is 1.54. The van der Waals surface area contributed by atoms with Crippen LogP contribution in [0.4, 0.5) is 13.2 Å². The number of halogens is 4. The molecule has 0 aliphatic carbocycles. The summed E-state index contributed by atoms with van der Waals surface area (Å²) >= 11 is 3.34. The van der Waals surface area contributed by atoms with Crippen LogP contribution in [0.2, 0.25) is 0 Å². The first-order valence-corrected chi connectivity index (χ1v) is 8.70. The number of nitrogens with zero attached hydrogens (tertiary/aromatic N) is 6. The van der Waals surface area contributed by atoms with Crippen LogP contribution in [-0.2, 0) is 6.54 Å². The van der Waals surface area contributed by atoms with Crippen molar-refractivity contribution in [2.75, 3.05) is 0 Å². The molecule has 1 aromatic carbocycles. The molecule has 28 heavy (non-hydrogen) atoms. The van der Waals surface area contributed by atoms with Gasteiger partial charge in [-0.25, -0.2) is 9.07 Å². The largest absolute Gasteiger partial charge is 0.415 e. The second-order valence-corrected chi connectivity index (χ2v) is 6.66. The number of aromatic nitrogens is 6. The highest BCUT2D eigenvalue weighted by Gasteiger charge is 2.18. The van der Waals surface area contributed by atoms with Gasteiger partial charge in [-0.2, -0.15) is 8.78 Å². The highest BCUT2D eigenvalue weighted by molar-refractivity contribution is 9.10. The number of rotatable bonds is 5. The van der Waals surface area contributed by atoms with Gasteiger partial charge in [0.2, 0.25) is 5.89 Å². The predicted octanol–water partition coefficient (Wildman–Crippen LogP) is 4.28. The third-order valence-corrected chi connectivity index (χ3v) is 4.23. The van der Waals surface area contributed by atoms with Crippen LogP contribution in [0, 0.1) is 5.82 Å². The molecule has 0 radical (unpaired) electrons. The average Bonchev–Trinajstić information content (AvgIpc) is 3.33. The number of benzene rings is 1. The van der Waals surface area contributed by atoms with Gasteiger partial charge in [-0.1, -0.05) is 11.3 Å². The van der Waals surface area contributed by atoms with Gasteiger partial charge < -0.3 is 4.42 Å². The molecule has 0 N–H and O–H groups in total. The minimum absolute atomic E-state index is 0.132. The van der Waals surface area contributed by atoms with E-state index in [1.165, 1.54) is 16.8 Å². The third kappa shape index (κ3) is 3.79. The molecule has 0 atom stereocenters. The normalized spacial score (nSPS) is 11.3. The van der Waals surface area contributed by atoms with Crippen LogP contribution in [0.25, 0.3) is 22.7 Å². The van der Waals surface area contributed by atoms with Crippen LogP contribution >= 0.6 is 15.9 Å². The van der Waals surface area contributed by atoms with Crippen LogP contribution in [0.5, 0.6) is 0 Å². The highest BCUT2D eigenvalue weighted by atomic mass is 79.9. The molecule has 0 aliphatic rings. The number of hydrogen-bond donors (Lipinski definition) is 0. The Morgan fingerprint density at radius 2 is 1.93 bits per heavy atom. The van der Waals surface area contributed by atoms with Crippen molar-refractivity contribution in [2.45, 2.75) is 13.0 Å². The van der Waals surface area contributed by atoms with Crippen molar-refractivity contribution in [3.05, 3.63) is 64.6 Å². The molecular formula is C17H10BrF3N6O. The molecule has 0 unspecified atom stereocenters. The van der Waals surface area contributed by atoms with Gasteiger partial charge in [-0.3, -0.25) is 4.98 Å². The maximum atomic E-state index is 14.5. The number of hydrogen-bond acceptors (Lipinski definition) is 6. The zero-order valence-electron chi connectivity index (χ0n) is 13.9. The molecule has 7 nitrogen and oxygen atoms in total. The summed E-state index contributed by atoms with van der Waals surface area (Å²) < 4.78 is 46.6. The summed E-state index contributed by atoms with van der Waals surface area (Å²) in [6.07, 6.45) is 2.08. The zero-order chi connectivity index (χ0) is 19.7. The van der Waals surface area contributed by atoms with Crippen molar-refractivity contribution < 1.29 is 17.6 Å². The SMILES string of the molecule is Fc1cc(-c2nnc(C(F)F)o2)ccc1Cn1cc(-c2cncc(Br)c2)nn1. The molecule has 0 bridgehead atoms. The van der Waals surface area contributed by atoms with E-state index in [1.54, 1.807) is 18.6 Å². The minimum atomic E-state index is -2.88. The van der Waals surface area contributed by atoms with E-state index in [-0.39, 0.29) is 18.0 Å². The predicted molar refractivity (Wildman–Crippen MR) is 94.7 cm³/mol. The molecule has 0 fully saturated rings. The van der Waals surface area contributed by atoms with E-state index in [2.05, 4.69) is 41.4 Å². The van der Waals surface area contributed by atoms with E-state index in [0.29, 0.717) is 11.3 Å². The standard InChI is InChI=1S/C17H10BrF3N6O/c18-12-3-11(5-22-6-12)14-8-27(26-23-14)7-10-2-1-9(4-13(10)19)16-24-25-17(28-16)15(20)21/h1-6,8,15H,7H2. The van der Waals surface area contributed by atoms with Crippen molar-refractivity contribution >= 4 is 15.9 Å². The molecule has 0 spiro atoms. The van der Waals surface area contributed by atoms with E-state index in [0.717, 1.165) is 16.1 Å². The quantitative estimate of drug-likeness (QED) is 0.451.